The average molecular weight is 551 g/mol. The van der Waals surface area contributed by atoms with E-state index < -0.39 is 0 Å². The summed E-state index contributed by atoms with van der Waals surface area (Å²) in [7, 11) is 0. The number of rotatable bonds is 2. The van der Waals surface area contributed by atoms with Crippen LogP contribution in [0.5, 0.6) is 0 Å². The molecule has 0 amide bonds. The number of anilines is 2. The van der Waals surface area contributed by atoms with Crippen molar-refractivity contribution in [3.05, 3.63) is 90.2 Å². The summed E-state index contributed by atoms with van der Waals surface area (Å²) >= 11 is 4.59. The van der Waals surface area contributed by atoms with Gasteiger partial charge in [0, 0.05) is 60.1 Å². The number of hydrogen-bond acceptors (Lipinski definition) is 6. The number of thiol groups is 1. The second-order valence-corrected chi connectivity index (χ2v) is 11.8. The van der Waals surface area contributed by atoms with E-state index in [0.717, 1.165) is 49.9 Å². The molecule has 6 heteroatoms. The molecule has 0 radical (unpaired) electrons. The molecule has 206 valence electrons. The summed E-state index contributed by atoms with van der Waals surface area (Å²) in [5, 5.41) is 6.98. The monoisotopic (exact) mass is 550 g/mol. The Morgan fingerprint density at radius 1 is 0.675 bits per heavy atom. The predicted octanol–water partition coefficient (Wildman–Crippen LogP) is 6.04. The van der Waals surface area contributed by atoms with Crippen molar-refractivity contribution in [2.75, 3.05) is 49.1 Å². The number of hydrogen-bond donors (Lipinski definition) is 3. The summed E-state index contributed by atoms with van der Waals surface area (Å²) in [6.07, 6.45) is 6.57. The van der Waals surface area contributed by atoms with Crippen molar-refractivity contribution in [1.82, 2.24) is 10.6 Å². The Morgan fingerprint density at radius 2 is 1.30 bits per heavy atom. The van der Waals surface area contributed by atoms with Gasteiger partial charge in [0.25, 0.3) is 0 Å². The fraction of sp³-hybridized carbons (Fsp3) is 0.353. The molecule has 3 aromatic carbocycles. The Hall–Kier alpha value is -3.19. The molecule has 4 aromatic rings. The molecule has 2 saturated heterocycles. The normalized spacial score (nSPS) is 21.3. The maximum absolute atomic E-state index is 5.49. The van der Waals surface area contributed by atoms with E-state index >= 15 is 0 Å². The largest absolute Gasteiger partial charge is 0.464 e. The maximum atomic E-state index is 5.49. The average Bonchev–Trinajstić information content (AvgIpc) is 3.62. The molecule has 2 unspecified atom stereocenters. The highest BCUT2D eigenvalue weighted by molar-refractivity contribution is 7.80. The van der Waals surface area contributed by atoms with Gasteiger partial charge in [-0.3, -0.25) is 0 Å². The molecule has 2 N–H and O–H groups in total. The first kappa shape index (κ1) is 25.8. The Morgan fingerprint density at radius 3 is 1.93 bits per heavy atom. The lowest BCUT2D eigenvalue weighted by molar-refractivity contribution is 0.582. The molecule has 1 aromatic heterocycles. The van der Waals surface area contributed by atoms with Crippen LogP contribution in [0.3, 0.4) is 0 Å². The van der Waals surface area contributed by atoms with E-state index in [1.165, 1.54) is 64.9 Å². The summed E-state index contributed by atoms with van der Waals surface area (Å²) in [6, 6.07) is 27.3. The minimum Gasteiger partial charge on any atom is -0.464 e. The third-order valence-corrected chi connectivity index (χ3v) is 9.35. The van der Waals surface area contributed by atoms with Crippen molar-refractivity contribution >= 4 is 24.0 Å². The van der Waals surface area contributed by atoms with Crippen LogP contribution in [0.25, 0.3) is 22.5 Å². The summed E-state index contributed by atoms with van der Waals surface area (Å²) in [4.78, 5) is 6.21. The maximum Gasteiger partial charge on any atom is 0.133 e. The van der Waals surface area contributed by atoms with Crippen molar-refractivity contribution in [3.63, 3.8) is 0 Å². The number of nitrogens with one attached hydrogen (secondary N) is 2. The SMILES string of the molecule is Sc1ccccc1-c1ccc2c(c1)CC1CCNCCN21.c1coc(-c2ccc3c(c2)CC2CCNCCN32)c1. The zero-order valence-corrected chi connectivity index (χ0v) is 23.9. The third kappa shape index (κ3) is 5.05. The van der Waals surface area contributed by atoms with Crippen molar-refractivity contribution in [2.24, 2.45) is 0 Å². The van der Waals surface area contributed by atoms with Crippen LogP contribution in [0, 0.1) is 0 Å². The van der Waals surface area contributed by atoms with Gasteiger partial charge >= 0.3 is 0 Å². The van der Waals surface area contributed by atoms with Crippen LogP contribution < -0.4 is 20.4 Å². The highest BCUT2D eigenvalue weighted by atomic mass is 32.1. The van der Waals surface area contributed by atoms with Crippen molar-refractivity contribution in [2.45, 2.75) is 42.7 Å². The molecule has 4 aliphatic rings. The Bertz CT molecular complexity index is 1470. The Balaban J connectivity index is 0.000000133. The number of furan rings is 1. The molecule has 4 aliphatic heterocycles. The molecule has 0 saturated carbocycles. The summed E-state index contributed by atoms with van der Waals surface area (Å²) in [6.45, 7) is 6.71. The summed E-state index contributed by atoms with van der Waals surface area (Å²) < 4.78 is 5.49. The molecule has 5 nitrogen and oxygen atoms in total. The molecule has 0 spiro atoms. The second kappa shape index (κ2) is 11.4. The van der Waals surface area contributed by atoms with Crippen molar-refractivity contribution < 1.29 is 4.42 Å². The molecule has 40 heavy (non-hydrogen) atoms. The van der Waals surface area contributed by atoms with E-state index in [1.54, 1.807) is 6.26 Å². The lowest BCUT2D eigenvalue weighted by Gasteiger charge is -2.24. The molecule has 0 aliphatic carbocycles. The van der Waals surface area contributed by atoms with Crippen LogP contribution in [0.15, 0.2) is 88.4 Å². The highest BCUT2D eigenvalue weighted by Gasteiger charge is 2.31. The zero-order chi connectivity index (χ0) is 26.9. The van der Waals surface area contributed by atoms with Gasteiger partial charge in [0.1, 0.15) is 5.76 Å². The Kier molecular flexibility index (Phi) is 7.31. The van der Waals surface area contributed by atoms with Crippen LogP contribution in [-0.2, 0) is 12.8 Å². The molecule has 5 heterocycles. The standard InChI is InChI=1S/C18H20N2S.C16H18N2O/c21-18-4-2-1-3-16(18)13-5-6-17-14(11-13)12-15-7-8-19-9-10-20(15)17;1-2-16(19-9-1)12-3-4-15-13(10-12)11-14-5-6-17-7-8-18(14)15/h1-6,11,15,19,21H,7-10,12H2;1-4,9-10,14,17H,5-8,11H2. The van der Waals surface area contributed by atoms with E-state index in [1.807, 2.05) is 18.2 Å². The lowest BCUT2D eigenvalue weighted by atomic mass is 10.0. The van der Waals surface area contributed by atoms with Crippen LogP contribution in [-0.4, -0.2) is 51.4 Å². The van der Waals surface area contributed by atoms with Crippen LogP contribution >= 0.6 is 12.6 Å². The molecule has 0 bridgehead atoms. The predicted molar refractivity (Wildman–Crippen MR) is 168 cm³/mol. The molecule has 2 fully saturated rings. The lowest BCUT2D eigenvalue weighted by Crippen LogP contribution is -2.32. The summed E-state index contributed by atoms with van der Waals surface area (Å²) in [5.41, 5.74) is 9.53. The topological polar surface area (TPSA) is 43.7 Å². The van der Waals surface area contributed by atoms with Gasteiger partial charge in [0.2, 0.25) is 0 Å². The first-order valence-corrected chi connectivity index (χ1v) is 15.2. The van der Waals surface area contributed by atoms with Crippen molar-refractivity contribution in [1.29, 1.82) is 0 Å². The molecule has 2 atom stereocenters. The van der Waals surface area contributed by atoms with Gasteiger partial charge < -0.3 is 24.9 Å². The van der Waals surface area contributed by atoms with Crippen molar-refractivity contribution in [3.8, 4) is 22.5 Å². The Labute approximate surface area is 243 Å². The quantitative estimate of drug-likeness (QED) is 0.266. The van der Waals surface area contributed by atoms with Gasteiger partial charge in [-0.05, 0) is 110 Å². The second-order valence-electron chi connectivity index (χ2n) is 11.4. The van der Waals surface area contributed by atoms with Gasteiger partial charge in [0.15, 0.2) is 0 Å². The van der Waals surface area contributed by atoms with Gasteiger partial charge in [0.05, 0.1) is 6.26 Å². The van der Waals surface area contributed by atoms with Crippen LogP contribution in [0.2, 0.25) is 0 Å². The molecule has 8 rings (SSSR count). The van der Waals surface area contributed by atoms with Gasteiger partial charge in [-0.15, -0.1) is 12.6 Å². The fourth-order valence-corrected chi connectivity index (χ4v) is 7.26. The number of nitrogens with zero attached hydrogens (tertiary/aromatic N) is 2. The minimum absolute atomic E-state index is 0.677. The van der Waals surface area contributed by atoms with E-state index in [-0.39, 0.29) is 0 Å². The highest BCUT2D eigenvalue weighted by Crippen LogP contribution is 2.38. The minimum atomic E-state index is 0.677. The molecular formula is C34H38N4OS. The molecular weight excluding hydrogens is 512 g/mol. The van der Waals surface area contributed by atoms with Gasteiger partial charge in [-0.1, -0.05) is 24.3 Å². The van der Waals surface area contributed by atoms with E-state index in [0.29, 0.717) is 12.1 Å². The number of fused-ring (bicyclic) bond motifs is 6. The van der Waals surface area contributed by atoms with Crippen LogP contribution in [0.4, 0.5) is 11.4 Å². The smallest absolute Gasteiger partial charge is 0.133 e. The van der Waals surface area contributed by atoms with Gasteiger partial charge in [-0.25, -0.2) is 0 Å². The van der Waals surface area contributed by atoms with E-state index in [4.69, 9.17) is 4.42 Å². The summed E-state index contributed by atoms with van der Waals surface area (Å²) in [5.74, 6) is 0.964. The number of benzene rings is 3. The third-order valence-electron chi connectivity index (χ3n) is 8.96. The first-order valence-electron chi connectivity index (χ1n) is 14.8. The van der Waals surface area contributed by atoms with E-state index in [9.17, 15) is 0 Å². The first-order chi connectivity index (χ1) is 19.7. The van der Waals surface area contributed by atoms with E-state index in [2.05, 4.69) is 87.7 Å². The zero-order valence-electron chi connectivity index (χ0n) is 23.0. The fourth-order valence-electron chi connectivity index (χ4n) is 6.97. The van der Waals surface area contributed by atoms with Gasteiger partial charge in [-0.2, -0.15) is 0 Å². The van der Waals surface area contributed by atoms with Crippen LogP contribution in [0.1, 0.15) is 24.0 Å².